The average molecular weight is 465 g/mol. The number of benzene rings is 3. The monoisotopic (exact) mass is 464 g/mol. The van der Waals surface area contributed by atoms with Gasteiger partial charge in [-0.05, 0) is 49.4 Å². The topological polar surface area (TPSA) is 85.1 Å². The lowest BCUT2D eigenvalue weighted by Gasteiger charge is -2.30. The number of para-hydroxylation sites is 2. The lowest BCUT2D eigenvalue weighted by molar-refractivity contribution is -0.117. The lowest BCUT2D eigenvalue weighted by atomic mass is 10.1. The van der Waals surface area contributed by atoms with Gasteiger partial charge in [0.1, 0.15) is 12.4 Å². The van der Waals surface area contributed by atoms with Gasteiger partial charge in [-0.15, -0.1) is 0 Å². The van der Waals surface area contributed by atoms with E-state index in [4.69, 9.17) is 4.98 Å². The van der Waals surface area contributed by atoms with Gasteiger partial charge in [-0.2, -0.15) is 5.10 Å². The van der Waals surface area contributed by atoms with Crippen LogP contribution in [0.2, 0.25) is 0 Å². The molecule has 6 rings (SSSR count). The smallest absolute Gasteiger partial charge is 0.275 e. The fourth-order valence-electron chi connectivity index (χ4n) is 4.79. The number of nitrogens with zero attached hydrogens (tertiary/aromatic N) is 5. The molecule has 0 atom stereocenters. The first kappa shape index (κ1) is 21.1. The largest absolute Gasteiger partial charge is 0.362 e. The summed E-state index contributed by atoms with van der Waals surface area (Å²) in [5.74, 6) is 0.757. The van der Waals surface area contributed by atoms with E-state index in [-0.39, 0.29) is 18.0 Å². The van der Waals surface area contributed by atoms with Crippen molar-refractivity contribution in [2.75, 3.05) is 16.8 Å². The van der Waals surface area contributed by atoms with Crippen molar-refractivity contribution in [1.82, 2.24) is 19.3 Å². The Bertz CT molecular complexity index is 1630. The van der Waals surface area contributed by atoms with Crippen LogP contribution >= 0.6 is 0 Å². The van der Waals surface area contributed by atoms with E-state index in [1.54, 1.807) is 6.07 Å². The number of carbonyl (C=O) groups is 1. The summed E-state index contributed by atoms with van der Waals surface area (Å²) in [5.41, 5.74) is 4.39. The summed E-state index contributed by atoms with van der Waals surface area (Å²) in [4.78, 5) is 32.5. The molecule has 1 aliphatic rings. The van der Waals surface area contributed by atoms with Crippen LogP contribution in [0.5, 0.6) is 0 Å². The number of aromatic nitrogens is 4. The van der Waals surface area contributed by atoms with Crippen LogP contribution in [0.15, 0.2) is 77.6 Å². The highest BCUT2D eigenvalue weighted by molar-refractivity contribution is 5.91. The van der Waals surface area contributed by atoms with E-state index in [1.165, 1.54) is 10.2 Å². The molecule has 0 saturated heterocycles. The van der Waals surface area contributed by atoms with E-state index in [9.17, 15) is 9.59 Å². The van der Waals surface area contributed by atoms with Crippen molar-refractivity contribution in [2.45, 2.75) is 26.6 Å². The molecule has 0 bridgehead atoms. The third-order valence-corrected chi connectivity index (χ3v) is 6.52. The van der Waals surface area contributed by atoms with Crippen molar-refractivity contribution in [3.8, 4) is 0 Å². The Hall–Kier alpha value is -4.46. The maximum atomic E-state index is 12.7. The number of anilines is 2. The van der Waals surface area contributed by atoms with Gasteiger partial charge in [0.25, 0.3) is 5.56 Å². The van der Waals surface area contributed by atoms with E-state index >= 15 is 0 Å². The molecule has 35 heavy (non-hydrogen) atoms. The molecule has 2 aromatic heterocycles. The Kier molecular flexibility index (Phi) is 5.06. The molecule has 1 N–H and O–H groups in total. The third kappa shape index (κ3) is 3.82. The Morgan fingerprint density at radius 3 is 2.51 bits per heavy atom. The molecule has 3 heterocycles. The first-order valence-corrected chi connectivity index (χ1v) is 11.6. The van der Waals surface area contributed by atoms with Crippen LogP contribution in [0.4, 0.5) is 11.4 Å². The number of rotatable bonds is 4. The summed E-state index contributed by atoms with van der Waals surface area (Å²) in [6.07, 6.45) is 0. The molecule has 0 spiro atoms. The van der Waals surface area contributed by atoms with Gasteiger partial charge < -0.3 is 14.8 Å². The van der Waals surface area contributed by atoms with Gasteiger partial charge in [-0.1, -0.05) is 30.3 Å². The number of carbonyl (C=O) groups excluding carboxylic acids is 1. The SMILES string of the molecule is Cc1nn(CC(=O)Nc2ccc(N3CCn4c(nc5ccccc54)C3)cc2)c(=O)c2ccccc12. The number of aryl methyl sites for hydroxylation is 1. The quantitative estimate of drug-likeness (QED) is 0.438. The van der Waals surface area contributed by atoms with Gasteiger partial charge in [0.2, 0.25) is 5.91 Å². The number of nitrogens with one attached hydrogen (secondary N) is 1. The van der Waals surface area contributed by atoms with E-state index in [0.29, 0.717) is 16.8 Å². The molecule has 0 radical (unpaired) electrons. The summed E-state index contributed by atoms with van der Waals surface area (Å²) in [7, 11) is 0. The van der Waals surface area contributed by atoms with Gasteiger partial charge >= 0.3 is 0 Å². The fourth-order valence-corrected chi connectivity index (χ4v) is 4.79. The van der Waals surface area contributed by atoms with Gasteiger partial charge in [-0.3, -0.25) is 9.59 Å². The van der Waals surface area contributed by atoms with Crippen LogP contribution < -0.4 is 15.8 Å². The van der Waals surface area contributed by atoms with Crippen LogP contribution in [-0.4, -0.2) is 31.8 Å². The minimum absolute atomic E-state index is 0.144. The molecule has 0 unspecified atom stereocenters. The Morgan fingerprint density at radius 1 is 0.943 bits per heavy atom. The molecule has 0 aliphatic carbocycles. The van der Waals surface area contributed by atoms with E-state index in [0.717, 1.165) is 42.0 Å². The van der Waals surface area contributed by atoms with Crippen molar-refractivity contribution >= 4 is 39.1 Å². The highest BCUT2D eigenvalue weighted by atomic mass is 16.2. The van der Waals surface area contributed by atoms with Crippen molar-refractivity contribution in [3.63, 3.8) is 0 Å². The van der Waals surface area contributed by atoms with Gasteiger partial charge in [0.05, 0.1) is 28.7 Å². The first-order chi connectivity index (χ1) is 17.1. The van der Waals surface area contributed by atoms with Crippen LogP contribution in [0.25, 0.3) is 21.8 Å². The zero-order valence-corrected chi connectivity index (χ0v) is 19.3. The molecule has 3 aromatic carbocycles. The van der Waals surface area contributed by atoms with Gasteiger partial charge in [0, 0.05) is 29.9 Å². The normalized spacial score (nSPS) is 13.2. The zero-order valence-electron chi connectivity index (χ0n) is 19.3. The molecule has 0 saturated carbocycles. The van der Waals surface area contributed by atoms with Crippen LogP contribution in [0, 0.1) is 6.92 Å². The highest BCUT2D eigenvalue weighted by Crippen LogP contribution is 2.25. The van der Waals surface area contributed by atoms with Crippen LogP contribution in [-0.2, 0) is 24.4 Å². The summed E-state index contributed by atoms with van der Waals surface area (Å²) in [6, 6.07) is 23.3. The van der Waals surface area contributed by atoms with E-state index < -0.39 is 0 Å². The lowest BCUT2D eigenvalue weighted by Crippen LogP contribution is -2.33. The predicted molar refractivity (Wildman–Crippen MR) is 137 cm³/mol. The second-order valence-corrected chi connectivity index (χ2v) is 8.78. The van der Waals surface area contributed by atoms with Crippen molar-refractivity contribution in [2.24, 2.45) is 0 Å². The molecule has 174 valence electrons. The number of hydrogen-bond acceptors (Lipinski definition) is 5. The van der Waals surface area contributed by atoms with Crippen LogP contribution in [0.3, 0.4) is 0 Å². The number of hydrogen-bond donors (Lipinski definition) is 1. The zero-order chi connectivity index (χ0) is 23.9. The summed E-state index contributed by atoms with van der Waals surface area (Å²) in [6.45, 7) is 4.19. The Labute approximate surface area is 201 Å². The van der Waals surface area contributed by atoms with E-state index in [2.05, 4.69) is 25.9 Å². The number of amides is 1. The molecule has 5 aromatic rings. The fraction of sp³-hybridized carbons (Fsp3) is 0.185. The molecule has 8 heteroatoms. The standard InChI is InChI=1S/C27H24N6O2/c1-18-21-6-2-3-7-22(21)27(35)33(30-18)17-26(34)28-19-10-12-20(13-11-19)31-14-15-32-24-9-5-4-8-23(24)29-25(32)16-31/h2-13H,14-17H2,1H3,(H,28,34). The van der Waals surface area contributed by atoms with Crippen molar-refractivity contribution in [3.05, 3.63) is 94.7 Å². The highest BCUT2D eigenvalue weighted by Gasteiger charge is 2.20. The maximum absolute atomic E-state index is 12.7. The van der Waals surface area contributed by atoms with Crippen LogP contribution in [0.1, 0.15) is 11.5 Å². The van der Waals surface area contributed by atoms with Gasteiger partial charge in [0.15, 0.2) is 0 Å². The molecule has 0 fully saturated rings. The second-order valence-electron chi connectivity index (χ2n) is 8.78. The summed E-state index contributed by atoms with van der Waals surface area (Å²) < 4.78 is 3.51. The molecule has 1 amide bonds. The first-order valence-electron chi connectivity index (χ1n) is 11.6. The number of fused-ring (bicyclic) bond motifs is 4. The third-order valence-electron chi connectivity index (χ3n) is 6.52. The number of imidazole rings is 1. The second kappa shape index (κ2) is 8.39. The van der Waals surface area contributed by atoms with Gasteiger partial charge in [-0.25, -0.2) is 9.67 Å². The Balaban J connectivity index is 1.15. The van der Waals surface area contributed by atoms with Crippen molar-refractivity contribution in [1.29, 1.82) is 0 Å². The minimum Gasteiger partial charge on any atom is -0.362 e. The molecule has 8 nitrogen and oxygen atoms in total. The van der Waals surface area contributed by atoms with E-state index in [1.807, 2.05) is 67.6 Å². The Morgan fingerprint density at radius 2 is 1.69 bits per heavy atom. The summed E-state index contributed by atoms with van der Waals surface area (Å²) in [5, 5.41) is 8.56. The molecular weight excluding hydrogens is 440 g/mol. The van der Waals surface area contributed by atoms with Crippen molar-refractivity contribution < 1.29 is 4.79 Å². The summed E-state index contributed by atoms with van der Waals surface area (Å²) >= 11 is 0. The molecule has 1 aliphatic heterocycles. The maximum Gasteiger partial charge on any atom is 0.275 e. The average Bonchev–Trinajstić information content (AvgIpc) is 3.25. The molecular formula is C27H24N6O2. The predicted octanol–water partition coefficient (Wildman–Crippen LogP) is 3.71. The minimum atomic E-state index is -0.297.